The van der Waals surface area contributed by atoms with Crippen LogP contribution in [0, 0.1) is 5.92 Å². The highest BCUT2D eigenvalue weighted by Crippen LogP contribution is 2.18. The van der Waals surface area contributed by atoms with E-state index in [9.17, 15) is 4.79 Å². The SMILES string of the molecule is CCSC(C)C(C)C(=O)NC. The van der Waals surface area contributed by atoms with Crippen molar-refractivity contribution in [2.45, 2.75) is 26.0 Å². The summed E-state index contributed by atoms with van der Waals surface area (Å²) in [6.45, 7) is 6.16. The van der Waals surface area contributed by atoms with E-state index in [1.807, 2.05) is 18.7 Å². The molecule has 0 saturated carbocycles. The number of carbonyl (C=O) groups is 1. The lowest BCUT2D eigenvalue weighted by molar-refractivity contribution is -0.123. The molecule has 0 radical (unpaired) electrons. The van der Waals surface area contributed by atoms with Crippen LogP contribution >= 0.6 is 11.8 Å². The Morgan fingerprint density at radius 2 is 2.09 bits per heavy atom. The van der Waals surface area contributed by atoms with Gasteiger partial charge in [0.2, 0.25) is 5.91 Å². The smallest absolute Gasteiger partial charge is 0.223 e. The van der Waals surface area contributed by atoms with Gasteiger partial charge < -0.3 is 5.32 Å². The van der Waals surface area contributed by atoms with E-state index >= 15 is 0 Å². The van der Waals surface area contributed by atoms with Crippen molar-refractivity contribution in [2.24, 2.45) is 5.92 Å². The van der Waals surface area contributed by atoms with Crippen LogP contribution < -0.4 is 5.32 Å². The molecule has 3 heteroatoms. The maximum atomic E-state index is 11.1. The first-order valence-electron chi connectivity index (χ1n) is 3.96. The minimum atomic E-state index is 0.116. The Bertz CT molecular complexity index is 127. The highest BCUT2D eigenvalue weighted by molar-refractivity contribution is 7.99. The lowest BCUT2D eigenvalue weighted by Gasteiger charge is -2.16. The van der Waals surface area contributed by atoms with E-state index < -0.39 is 0 Å². The van der Waals surface area contributed by atoms with E-state index in [2.05, 4.69) is 19.2 Å². The van der Waals surface area contributed by atoms with Gasteiger partial charge in [-0.05, 0) is 5.75 Å². The van der Waals surface area contributed by atoms with Gasteiger partial charge in [-0.15, -0.1) is 0 Å². The predicted molar refractivity (Wildman–Crippen MR) is 50.8 cm³/mol. The maximum Gasteiger partial charge on any atom is 0.223 e. The summed E-state index contributed by atoms with van der Waals surface area (Å²) in [5, 5.41) is 3.07. The van der Waals surface area contributed by atoms with Crippen molar-refractivity contribution in [3.63, 3.8) is 0 Å². The number of nitrogens with one attached hydrogen (secondary N) is 1. The van der Waals surface area contributed by atoms with Crippen LogP contribution in [0.1, 0.15) is 20.8 Å². The van der Waals surface area contributed by atoms with Gasteiger partial charge in [-0.1, -0.05) is 20.8 Å². The fraction of sp³-hybridized carbons (Fsp3) is 0.875. The third-order valence-electron chi connectivity index (χ3n) is 1.79. The number of rotatable bonds is 4. The molecule has 0 aromatic carbocycles. The molecular formula is C8H17NOS. The first-order chi connectivity index (χ1) is 5.13. The van der Waals surface area contributed by atoms with E-state index in [0.717, 1.165) is 5.75 Å². The Morgan fingerprint density at radius 1 is 1.55 bits per heavy atom. The first-order valence-corrected chi connectivity index (χ1v) is 5.01. The number of amides is 1. The minimum Gasteiger partial charge on any atom is -0.359 e. The van der Waals surface area contributed by atoms with E-state index in [4.69, 9.17) is 0 Å². The second-order valence-corrected chi connectivity index (χ2v) is 4.22. The predicted octanol–water partition coefficient (Wildman–Crippen LogP) is 1.51. The van der Waals surface area contributed by atoms with Crippen molar-refractivity contribution in [3.05, 3.63) is 0 Å². The molecule has 0 aliphatic rings. The zero-order valence-electron chi connectivity index (χ0n) is 7.68. The molecule has 11 heavy (non-hydrogen) atoms. The summed E-state index contributed by atoms with van der Waals surface area (Å²) in [5.41, 5.74) is 0. The van der Waals surface area contributed by atoms with Crippen molar-refractivity contribution in [1.29, 1.82) is 0 Å². The summed E-state index contributed by atoms with van der Waals surface area (Å²) < 4.78 is 0. The van der Waals surface area contributed by atoms with Crippen molar-refractivity contribution < 1.29 is 4.79 Å². The molecule has 0 spiro atoms. The number of hydrogen-bond acceptors (Lipinski definition) is 2. The summed E-state index contributed by atoms with van der Waals surface area (Å²) in [4.78, 5) is 11.1. The number of hydrogen-bond donors (Lipinski definition) is 1. The van der Waals surface area contributed by atoms with Gasteiger partial charge in [0.15, 0.2) is 0 Å². The van der Waals surface area contributed by atoms with Gasteiger partial charge in [0.25, 0.3) is 0 Å². The molecule has 1 amide bonds. The van der Waals surface area contributed by atoms with Crippen LogP contribution in [0.25, 0.3) is 0 Å². The van der Waals surface area contributed by atoms with Gasteiger partial charge >= 0.3 is 0 Å². The quantitative estimate of drug-likeness (QED) is 0.701. The average molecular weight is 175 g/mol. The van der Waals surface area contributed by atoms with Gasteiger partial charge in [-0.3, -0.25) is 4.79 Å². The van der Waals surface area contributed by atoms with E-state index in [0.29, 0.717) is 5.25 Å². The van der Waals surface area contributed by atoms with Gasteiger partial charge in [-0.2, -0.15) is 11.8 Å². The fourth-order valence-corrected chi connectivity index (χ4v) is 1.79. The zero-order chi connectivity index (χ0) is 8.85. The molecule has 0 bridgehead atoms. The summed E-state index contributed by atoms with van der Waals surface area (Å²) in [7, 11) is 1.68. The molecule has 0 aromatic rings. The molecule has 0 aliphatic heterocycles. The van der Waals surface area contributed by atoms with Gasteiger partial charge in [0, 0.05) is 18.2 Å². The van der Waals surface area contributed by atoms with E-state index in [-0.39, 0.29) is 11.8 Å². The maximum absolute atomic E-state index is 11.1. The normalized spacial score (nSPS) is 15.6. The lowest BCUT2D eigenvalue weighted by atomic mass is 10.1. The van der Waals surface area contributed by atoms with Crippen LogP contribution in [0.4, 0.5) is 0 Å². The van der Waals surface area contributed by atoms with Crippen LogP contribution in [0.3, 0.4) is 0 Å². The van der Waals surface area contributed by atoms with Crippen LogP contribution in [0.2, 0.25) is 0 Å². The second-order valence-electron chi connectivity index (χ2n) is 2.56. The third-order valence-corrected chi connectivity index (χ3v) is 3.06. The molecule has 2 unspecified atom stereocenters. The van der Waals surface area contributed by atoms with Crippen molar-refractivity contribution >= 4 is 17.7 Å². The zero-order valence-corrected chi connectivity index (χ0v) is 8.49. The number of carbonyl (C=O) groups excluding carboxylic acids is 1. The first kappa shape index (κ1) is 10.8. The van der Waals surface area contributed by atoms with Crippen LogP contribution in [-0.4, -0.2) is 24.0 Å². The molecule has 0 aromatic heterocycles. The molecule has 1 N–H and O–H groups in total. The van der Waals surface area contributed by atoms with E-state index in [1.54, 1.807) is 7.05 Å². The Balaban J connectivity index is 3.80. The lowest BCUT2D eigenvalue weighted by Crippen LogP contribution is -2.30. The molecule has 66 valence electrons. The Kier molecular flexibility index (Phi) is 5.38. The molecule has 0 saturated heterocycles. The largest absolute Gasteiger partial charge is 0.359 e. The number of thioether (sulfide) groups is 1. The summed E-state index contributed by atoms with van der Waals surface area (Å²) >= 11 is 1.82. The highest BCUT2D eigenvalue weighted by atomic mass is 32.2. The Morgan fingerprint density at radius 3 is 2.45 bits per heavy atom. The summed E-state index contributed by atoms with van der Waals surface area (Å²) in [5.74, 6) is 1.33. The molecule has 2 nitrogen and oxygen atoms in total. The van der Waals surface area contributed by atoms with Crippen molar-refractivity contribution in [2.75, 3.05) is 12.8 Å². The Hall–Kier alpha value is -0.180. The third kappa shape index (κ3) is 3.65. The van der Waals surface area contributed by atoms with Crippen molar-refractivity contribution in [3.8, 4) is 0 Å². The van der Waals surface area contributed by atoms with Crippen LogP contribution in [0.15, 0.2) is 0 Å². The molecule has 2 atom stereocenters. The van der Waals surface area contributed by atoms with Crippen LogP contribution in [0.5, 0.6) is 0 Å². The average Bonchev–Trinajstić information content (AvgIpc) is 2.02. The molecule has 0 aliphatic carbocycles. The Labute approximate surface area is 73.1 Å². The van der Waals surface area contributed by atoms with Crippen LogP contribution in [-0.2, 0) is 4.79 Å². The molecular weight excluding hydrogens is 158 g/mol. The summed E-state index contributed by atoms with van der Waals surface area (Å²) in [6.07, 6.45) is 0. The monoisotopic (exact) mass is 175 g/mol. The summed E-state index contributed by atoms with van der Waals surface area (Å²) in [6, 6.07) is 0. The molecule has 0 rings (SSSR count). The van der Waals surface area contributed by atoms with E-state index in [1.165, 1.54) is 0 Å². The minimum absolute atomic E-state index is 0.116. The topological polar surface area (TPSA) is 29.1 Å². The molecule has 0 heterocycles. The van der Waals surface area contributed by atoms with Gasteiger partial charge in [0.05, 0.1) is 0 Å². The standard InChI is InChI=1S/C8H17NOS/c1-5-11-7(3)6(2)8(10)9-4/h6-7H,5H2,1-4H3,(H,9,10). The highest BCUT2D eigenvalue weighted by Gasteiger charge is 2.18. The van der Waals surface area contributed by atoms with Crippen molar-refractivity contribution in [1.82, 2.24) is 5.32 Å². The second kappa shape index (κ2) is 5.47. The fourth-order valence-electron chi connectivity index (χ4n) is 0.848. The van der Waals surface area contributed by atoms with Gasteiger partial charge in [0.1, 0.15) is 0 Å². The molecule has 0 fully saturated rings. The van der Waals surface area contributed by atoms with Gasteiger partial charge in [-0.25, -0.2) is 0 Å².